The Labute approximate surface area is 84.8 Å². The second kappa shape index (κ2) is 7.21. The molecule has 0 radical (unpaired) electrons. The first kappa shape index (κ1) is 12.8. The monoisotopic (exact) mass is 204 g/mol. The molecule has 2 unspecified atom stereocenters. The van der Waals surface area contributed by atoms with Gasteiger partial charge in [-0.2, -0.15) is 11.8 Å². The first-order chi connectivity index (χ1) is 6.10. The molecule has 0 aromatic heterocycles. The number of nitrogens with two attached hydrogens (primary N) is 1. The molecule has 0 aromatic rings. The fourth-order valence-corrected chi connectivity index (χ4v) is 1.99. The van der Waals surface area contributed by atoms with Gasteiger partial charge in [0.05, 0.1) is 0 Å². The lowest BCUT2D eigenvalue weighted by atomic mass is 10.2. The summed E-state index contributed by atoms with van der Waals surface area (Å²) >= 11 is 1.84. The molecule has 0 aliphatic heterocycles. The highest BCUT2D eigenvalue weighted by atomic mass is 32.2. The molecule has 2 atom stereocenters. The number of nitrogens with one attached hydrogen (secondary N) is 1. The fraction of sp³-hybridized carbons (Fsp3) is 0.889. The van der Waals surface area contributed by atoms with Gasteiger partial charge < -0.3 is 0 Å². The first-order valence-corrected chi connectivity index (χ1v) is 5.76. The Bertz CT molecular complexity index is 153. The van der Waals surface area contributed by atoms with Crippen LogP contribution in [0.3, 0.4) is 0 Å². The van der Waals surface area contributed by atoms with E-state index in [4.69, 9.17) is 5.84 Å². The zero-order chi connectivity index (χ0) is 10.3. The van der Waals surface area contributed by atoms with Crippen molar-refractivity contribution < 1.29 is 4.79 Å². The summed E-state index contributed by atoms with van der Waals surface area (Å²) in [7, 11) is 0. The van der Waals surface area contributed by atoms with Crippen molar-refractivity contribution in [1.82, 2.24) is 5.43 Å². The summed E-state index contributed by atoms with van der Waals surface area (Å²) in [5.74, 6) is 6.76. The van der Waals surface area contributed by atoms with Crippen LogP contribution < -0.4 is 11.3 Å². The Morgan fingerprint density at radius 2 is 2.15 bits per heavy atom. The summed E-state index contributed by atoms with van der Waals surface area (Å²) in [6.07, 6.45) is 1.71. The van der Waals surface area contributed by atoms with Crippen molar-refractivity contribution in [3.05, 3.63) is 0 Å². The third-order valence-electron chi connectivity index (χ3n) is 2.00. The van der Waals surface area contributed by atoms with Gasteiger partial charge in [-0.15, -0.1) is 0 Å². The highest BCUT2D eigenvalue weighted by molar-refractivity contribution is 7.99. The lowest BCUT2D eigenvalue weighted by molar-refractivity contribution is -0.121. The molecule has 0 fully saturated rings. The summed E-state index contributed by atoms with van der Waals surface area (Å²) in [6.45, 7) is 6.47. The maximum Gasteiger partial charge on any atom is 0.234 e. The molecule has 0 saturated heterocycles. The molecule has 1 amide bonds. The van der Waals surface area contributed by atoms with Gasteiger partial charge >= 0.3 is 0 Å². The van der Waals surface area contributed by atoms with Crippen molar-refractivity contribution in [3.63, 3.8) is 0 Å². The fourth-order valence-electron chi connectivity index (χ4n) is 0.825. The highest BCUT2D eigenvalue weighted by Crippen LogP contribution is 2.18. The van der Waals surface area contributed by atoms with Gasteiger partial charge in [-0.25, -0.2) is 5.84 Å². The van der Waals surface area contributed by atoms with E-state index in [1.54, 1.807) is 0 Å². The maximum absolute atomic E-state index is 10.9. The van der Waals surface area contributed by atoms with Crippen molar-refractivity contribution in [1.29, 1.82) is 0 Å². The molecule has 0 rings (SSSR count). The van der Waals surface area contributed by atoms with Gasteiger partial charge in [-0.05, 0) is 11.7 Å². The average molecular weight is 204 g/mol. The van der Waals surface area contributed by atoms with Crippen LogP contribution in [0.2, 0.25) is 0 Å². The van der Waals surface area contributed by atoms with E-state index in [9.17, 15) is 4.79 Å². The maximum atomic E-state index is 10.9. The number of carbonyl (C=O) groups excluding carboxylic acids is 1. The van der Waals surface area contributed by atoms with Gasteiger partial charge in [0.25, 0.3) is 0 Å². The largest absolute Gasteiger partial charge is 0.294 e. The van der Waals surface area contributed by atoms with Crippen LogP contribution in [0.25, 0.3) is 0 Å². The molecular weight excluding hydrogens is 184 g/mol. The third-order valence-corrected chi connectivity index (χ3v) is 3.49. The van der Waals surface area contributed by atoms with Gasteiger partial charge in [0, 0.05) is 11.7 Å². The Kier molecular flexibility index (Phi) is 7.09. The molecule has 0 spiro atoms. The molecule has 0 aromatic carbocycles. The lowest BCUT2D eigenvalue weighted by Gasteiger charge is -2.13. The second-order valence-corrected chi connectivity index (χ2v) is 4.90. The van der Waals surface area contributed by atoms with E-state index in [0.717, 1.165) is 11.7 Å². The first-order valence-electron chi connectivity index (χ1n) is 4.71. The summed E-state index contributed by atoms with van der Waals surface area (Å²) in [6, 6.07) is 0. The quantitative estimate of drug-likeness (QED) is 0.392. The molecule has 0 heterocycles. The van der Waals surface area contributed by atoms with Gasteiger partial charge in [-0.3, -0.25) is 10.2 Å². The molecule has 0 aliphatic carbocycles. The van der Waals surface area contributed by atoms with E-state index in [2.05, 4.69) is 26.2 Å². The van der Waals surface area contributed by atoms with E-state index in [1.807, 2.05) is 11.8 Å². The topological polar surface area (TPSA) is 55.1 Å². The zero-order valence-electron chi connectivity index (χ0n) is 8.67. The van der Waals surface area contributed by atoms with Crippen molar-refractivity contribution in [2.45, 2.75) is 38.9 Å². The predicted octanol–water partition coefficient (Wildman–Crippen LogP) is 1.53. The summed E-state index contributed by atoms with van der Waals surface area (Å²) in [4.78, 5) is 10.9. The van der Waals surface area contributed by atoms with Crippen molar-refractivity contribution in [2.75, 3.05) is 5.75 Å². The number of hydrogen-bond donors (Lipinski definition) is 2. The standard InChI is InChI=1S/C9H20N2OS/c1-4-7(2)6-13-8(3)5-9(12)11-10/h7-8H,4-6,10H2,1-3H3,(H,11,12). The number of hydrogen-bond acceptors (Lipinski definition) is 3. The van der Waals surface area contributed by atoms with E-state index < -0.39 is 0 Å². The number of rotatable bonds is 6. The van der Waals surface area contributed by atoms with Crippen LogP contribution in [0.4, 0.5) is 0 Å². The lowest BCUT2D eigenvalue weighted by Crippen LogP contribution is -2.31. The highest BCUT2D eigenvalue weighted by Gasteiger charge is 2.09. The molecular formula is C9H20N2OS. The number of carbonyl (C=O) groups is 1. The SMILES string of the molecule is CCC(C)CSC(C)CC(=O)NN. The van der Waals surface area contributed by atoms with Gasteiger partial charge in [-0.1, -0.05) is 27.2 Å². The Balaban J connectivity index is 3.50. The zero-order valence-corrected chi connectivity index (χ0v) is 9.49. The normalized spacial score (nSPS) is 15.1. The van der Waals surface area contributed by atoms with Crippen LogP contribution in [-0.2, 0) is 4.79 Å². The Hall–Kier alpha value is -0.220. The molecule has 3 nitrogen and oxygen atoms in total. The minimum atomic E-state index is -0.0795. The number of amides is 1. The van der Waals surface area contributed by atoms with E-state index in [0.29, 0.717) is 11.7 Å². The summed E-state index contributed by atoms with van der Waals surface area (Å²) < 4.78 is 0. The van der Waals surface area contributed by atoms with Crippen LogP contribution in [0.15, 0.2) is 0 Å². The second-order valence-electron chi connectivity index (χ2n) is 3.43. The number of hydrazine groups is 1. The number of thioether (sulfide) groups is 1. The van der Waals surface area contributed by atoms with Crippen molar-refractivity contribution in [2.24, 2.45) is 11.8 Å². The Morgan fingerprint density at radius 1 is 1.54 bits per heavy atom. The third kappa shape index (κ3) is 6.90. The molecule has 4 heteroatoms. The van der Waals surface area contributed by atoms with Crippen LogP contribution in [0, 0.1) is 5.92 Å². The predicted molar refractivity (Wildman–Crippen MR) is 58.3 cm³/mol. The molecule has 78 valence electrons. The Morgan fingerprint density at radius 3 is 2.62 bits per heavy atom. The smallest absolute Gasteiger partial charge is 0.234 e. The van der Waals surface area contributed by atoms with Gasteiger partial charge in [0.2, 0.25) is 5.91 Å². The molecule has 0 saturated carbocycles. The minimum Gasteiger partial charge on any atom is -0.294 e. The van der Waals surface area contributed by atoms with Crippen LogP contribution in [0.5, 0.6) is 0 Å². The average Bonchev–Trinajstić information content (AvgIpc) is 2.13. The summed E-state index contributed by atoms with van der Waals surface area (Å²) in [5.41, 5.74) is 2.15. The van der Waals surface area contributed by atoms with Gasteiger partial charge in [0.1, 0.15) is 0 Å². The van der Waals surface area contributed by atoms with E-state index >= 15 is 0 Å². The van der Waals surface area contributed by atoms with Crippen molar-refractivity contribution in [3.8, 4) is 0 Å². The molecule has 13 heavy (non-hydrogen) atoms. The summed E-state index contributed by atoms with van der Waals surface area (Å²) in [5, 5.41) is 0.359. The van der Waals surface area contributed by atoms with E-state index in [-0.39, 0.29) is 5.91 Å². The van der Waals surface area contributed by atoms with Crippen LogP contribution in [-0.4, -0.2) is 16.9 Å². The molecule has 3 N–H and O–H groups in total. The van der Waals surface area contributed by atoms with Gasteiger partial charge in [0.15, 0.2) is 0 Å². The van der Waals surface area contributed by atoms with Crippen molar-refractivity contribution >= 4 is 17.7 Å². The van der Waals surface area contributed by atoms with Crippen LogP contribution in [0.1, 0.15) is 33.6 Å². The van der Waals surface area contributed by atoms with Crippen LogP contribution >= 0.6 is 11.8 Å². The minimum absolute atomic E-state index is 0.0795. The molecule has 0 bridgehead atoms. The van der Waals surface area contributed by atoms with E-state index in [1.165, 1.54) is 6.42 Å². The molecule has 0 aliphatic rings.